The molecule has 2 heterocycles. The second-order valence-corrected chi connectivity index (χ2v) is 7.56. The second-order valence-electron chi connectivity index (χ2n) is 6.61. The van der Waals surface area contributed by atoms with Crippen LogP contribution in [-0.4, -0.2) is 42.4 Å². The van der Waals surface area contributed by atoms with Crippen molar-refractivity contribution in [2.75, 3.05) is 5.75 Å². The molecule has 3 rings (SSSR count). The molecule has 0 saturated carbocycles. The highest BCUT2D eigenvalue weighted by Gasteiger charge is 2.16. The highest BCUT2D eigenvalue weighted by Crippen LogP contribution is 2.19. The molecule has 0 spiro atoms. The Balaban J connectivity index is 1.78. The molecular formula is C19H24N6O2S. The fraction of sp³-hybridized carbons (Fsp3) is 0.421. The lowest BCUT2D eigenvalue weighted by Crippen LogP contribution is -2.34. The number of benzene rings is 1. The van der Waals surface area contributed by atoms with E-state index in [2.05, 4.69) is 32.4 Å². The predicted octanol–water partition coefficient (Wildman–Crippen LogP) is 2.68. The molecule has 0 saturated heterocycles. The average Bonchev–Trinajstić information content (AvgIpc) is 3.21. The first-order chi connectivity index (χ1) is 13.6. The smallest absolute Gasteiger partial charge is 0.269 e. The van der Waals surface area contributed by atoms with Crippen molar-refractivity contribution in [1.82, 2.24) is 30.0 Å². The van der Waals surface area contributed by atoms with Crippen LogP contribution in [-0.2, 0) is 4.79 Å². The van der Waals surface area contributed by atoms with Crippen molar-refractivity contribution in [3.8, 4) is 5.95 Å². The molecule has 0 unspecified atom stereocenters. The van der Waals surface area contributed by atoms with Crippen LogP contribution in [0.4, 0.5) is 0 Å². The topological polar surface area (TPSA) is 106 Å². The number of amides is 1. The van der Waals surface area contributed by atoms with Gasteiger partial charge in [0.15, 0.2) is 5.16 Å². The molecular weight excluding hydrogens is 376 g/mol. The summed E-state index contributed by atoms with van der Waals surface area (Å²) in [6.07, 6.45) is 5.71. The van der Waals surface area contributed by atoms with Gasteiger partial charge < -0.3 is 5.32 Å². The molecule has 3 aromatic rings. The number of rotatable bonds is 9. The van der Waals surface area contributed by atoms with Crippen LogP contribution in [0.1, 0.15) is 39.5 Å². The van der Waals surface area contributed by atoms with Gasteiger partial charge in [-0.05, 0) is 25.5 Å². The number of nitrogens with one attached hydrogen (secondary N) is 2. The Kier molecular flexibility index (Phi) is 6.80. The van der Waals surface area contributed by atoms with Gasteiger partial charge in [0.1, 0.15) is 6.33 Å². The molecule has 8 nitrogen and oxygen atoms in total. The van der Waals surface area contributed by atoms with E-state index in [1.165, 1.54) is 29.1 Å². The Hall–Kier alpha value is -2.68. The zero-order chi connectivity index (χ0) is 19.9. The molecule has 28 heavy (non-hydrogen) atoms. The van der Waals surface area contributed by atoms with Gasteiger partial charge in [0.25, 0.3) is 5.56 Å². The maximum atomic E-state index is 12.9. The Bertz CT molecular complexity index is 986. The third kappa shape index (κ3) is 4.78. The summed E-state index contributed by atoms with van der Waals surface area (Å²) in [5.41, 5.74) is 0.331. The predicted molar refractivity (Wildman–Crippen MR) is 110 cm³/mol. The minimum atomic E-state index is -0.252. The van der Waals surface area contributed by atoms with Crippen molar-refractivity contribution in [2.24, 2.45) is 0 Å². The molecule has 1 atom stereocenters. The van der Waals surface area contributed by atoms with Crippen LogP contribution in [0.25, 0.3) is 16.9 Å². The van der Waals surface area contributed by atoms with Crippen LogP contribution in [0.15, 0.2) is 40.5 Å². The Morgan fingerprint density at radius 1 is 1.32 bits per heavy atom. The number of hydrogen-bond acceptors (Lipinski definition) is 6. The van der Waals surface area contributed by atoms with E-state index in [4.69, 9.17) is 0 Å². The molecule has 148 valence electrons. The van der Waals surface area contributed by atoms with Gasteiger partial charge in [-0.15, -0.1) is 0 Å². The van der Waals surface area contributed by atoms with Gasteiger partial charge in [0.05, 0.1) is 16.7 Å². The van der Waals surface area contributed by atoms with Crippen LogP contribution in [0.3, 0.4) is 0 Å². The molecule has 0 bridgehead atoms. The maximum absolute atomic E-state index is 12.9. The maximum Gasteiger partial charge on any atom is 0.269 e. The fourth-order valence-corrected chi connectivity index (χ4v) is 3.73. The molecule has 2 aromatic heterocycles. The summed E-state index contributed by atoms with van der Waals surface area (Å²) in [7, 11) is 0. The summed E-state index contributed by atoms with van der Waals surface area (Å²) in [5, 5.41) is 10.4. The Labute approximate surface area is 167 Å². The number of aromatic amines is 1. The zero-order valence-electron chi connectivity index (χ0n) is 16.0. The van der Waals surface area contributed by atoms with E-state index in [1.807, 2.05) is 13.0 Å². The number of unbranched alkanes of at least 4 members (excludes halogenated alkanes) is 2. The summed E-state index contributed by atoms with van der Waals surface area (Å²) in [6.45, 7) is 4.17. The third-order valence-corrected chi connectivity index (χ3v) is 5.28. The molecule has 2 N–H and O–H groups in total. The van der Waals surface area contributed by atoms with Gasteiger partial charge in [-0.2, -0.15) is 10.1 Å². The van der Waals surface area contributed by atoms with E-state index in [-0.39, 0.29) is 29.2 Å². The lowest BCUT2D eigenvalue weighted by Gasteiger charge is -2.14. The summed E-state index contributed by atoms with van der Waals surface area (Å²) in [6, 6.07) is 7.24. The number of fused-ring (bicyclic) bond motifs is 1. The van der Waals surface area contributed by atoms with Crippen molar-refractivity contribution in [3.05, 3.63) is 40.9 Å². The summed E-state index contributed by atoms with van der Waals surface area (Å²) in [4.78, 5) is 33.9. The molecule has 1 amide bonds. The summed E-state index contributed by atoms with van der Waals surface area (Å²) in [5.74, 6) is 0.358. The Morgan fingerprint density at radius 2 is 2.14 bits per heavy atom. The fourth-order valence-electron chi connectivity index (χ4n) is 2.92. The number of para-hydroxylation sites is 1. The van der Waals surface area contributed by atoms with Gasteiger partial charge in [-0.1, -0.05) is 50.1 Å². The minimum absolute atomic E-state index is 0.0828. The highest BCUT2D eigenvalue weighted by atomic mass is 32.2. The normalized spacial score (nSPS) is 12.2. The standard InChI is InChI=1S/C19H24N6O2S/c1-3-4-5-8-13(2)22-16(26)11-28-19-23-15-10-7-6-9-14(15)17(27)25(19)18-20-12-21-24-18/h6-7,9-10,12-13H,3-5,8,11H2,1-2H3,(H,22,26)(H,20,21,24)/t13-/m0/s1. The molecule has 0 aliphatic carbocycles. The zero-order valence-corrected chi connectivity index (χ0v) is 16.8. The first-order valence-electron chi connectivity index (χ1n) is 9.39. The van der Waals surface area contributed by atoms with E-state index in [1.54, 1.807) is 18.2 Å². The molecule has 1 aromatic carbocycles. The van der Waals surface area contributed by atoms with Crippen molar-refractivity contribution < 1.29 is 4.79 Å². The monoisotopic (exact) mass is 400 g/mol. The average molecular weight is 401 g/mol. The first kappa shape index (κ1) is 20.1. The van der Waals surface area contributed by atoms with Crippen molar-refractivity contribution in [1.29, 1.82) is 0 Å². The number of aromatic nitrogens is 5. The highest BCUT2D eigenvalue weighted by molar-refractivity contribution is 7.99. The number of thioether (sulfide) groups is 1. The van der Waals surface area contributed by atoms with Gasteiger partial charge in [-0.3, -0.25) is 9.59 Å². The third-order valence-electron chi connectivity index (χ3n) is 4.34. The summed E-state index contributed by atoms with van der Waals surface area (Å²) < 4.78 is 1.36. The molecule has 0 fully saturated rings. The van der Waals surface area contributed by atoms with Crippen molar-refractivity contribution >= 4 is 28.6 Å². The van der Waals surface area contributed by atoms with Crippen molar-refractivity contribution in [3.63, 3.8) is 0 Å². The molecule has 0 radical (unpaired) electrons. The molecule has 9 heteroatoms. The van der Waals surface area contributed by atoms with Gasteiger partial charge in [0.2, 0.25) is 11.9 Å². The lowest BCUT2D eigenvalue weighted by molar-refractivity contribution is -0.119. The van der Waals surface area contributed by atoms with Crippen LogP contribution in [0.5, 0.6) is 0 Å². The number of carbonyl (C=O) groups is 1. The SMILES string of the molecule is CCCCC[C@H](C)NC(=O)CSc1nc2ccccc2c(=O)n1-c1ncn[nH]1. The van der Waals surface area contributed by atoms with Gasteiger partial charge in [-0.25, -0.2) is 14.6 Å². The van der Waals surface area contributed by atoms with Gasteiger partial charge in [0, 0.05) is 6.04 Å². The van der Waals surface area contributed by atoms with Crippen molar-refractivity contribution in [2.45, 2.75) is 50.7 Å². The van der Waals surface area contributed by atoms with Crippen LogP contribution in [0, 0.1) is 0 Å². The van der Waals surface area contributed by atoms with E-state index in [0.29, 0.717) is 16.1 Å². The van der Waals surface area contributed by atoms with Crippen LogP contribution >= 0.6 is 11.8 Å². The lowest BCUT2D eigenvalue weighted by atomic mass is 10.1. The number of nitrogens with zero attached hydrogens (tertiary/aromatic N) is 4. The first-order valence-corrected chi connectivity index (χ1v) is 10.4. The van der Waals surface area contributed by atoms with Crippen LogP contribution < -0.4 is 10.9 Å². The van der Waals surface area contributed by atoms with E-state index >= 15 is 0 Å². The molecule has 0 aliphatic heterocycles. The van der Waals surface area contributed by atoms with E-state index < -0.39 is 0 Å². The van der Waals surface area contributed by atoms with E-state index in [9.17, 15) is 9.59 Å². The minimum Gasteiger partial charge on any atom is -0.353 e. The van der Waals surface area contributed by atoms with E-state index in [0.717, 1.165) is 19.3 Å². The number of H-pyrrole nitrogens is 1. The Morgan fingerprint density at radius 3 is 2.89 bits per heavy atom. The number of hydrogen-bond donors (Lipinski definition) is 2. The largest absolute Gasteiger partial charge is 0.353 e. The summed E-state index contributed by atoms with van der Waals surface area (Å²) >= 11 is 1.20. The number of carbonyl (C=O) groups excluding carboxylic acids is 1. The van der Waals surface area contributed by atoms with Gasteiger partial charge >= 0.3 is 0 Å². The quantitative estimate of drug-likeness (QED) is 0.325. The van der Waals surface area contributed by atoms with Crippen LogP contribution in [0.2, 0.25) is 0 Å². The molecule has 0 aliphatic rings. The second kappa shape index (κ2) is 9.50.